The van der Waals surface area contributed by atoms with Crippen LogP contribution in [0.3, 0.4) is 0 Å². The molecule has 1 aliphatic carbocycles. The Bertz CT molecular complexity index is 305. The Labute approximate surface area is 90.6 Å². The van der Waals surface area contributed by atoms with E-state index < -0.39 is 0 Å². The highest BCUT2D eigenvalue weighted by Crippen LogP contribution is 2.27. The van der Waals surface area contributed by atoms with E-state index in [1.165, 1.54) is 12.0 Å². The summed E-state index contributed by atoms with van der Waals surface area (Å²) < 4.78 is 0. The molecule has 2 N–H and O–H groups in total. The summed E-state index contributed by atoms with van der Waals surface area (Å²) in [4.78, 5) is 0. The highest BCUT2D eigenvalue weighted by atomic mass is 16.3. The topological polar surface area (TPSA) is 40.5 Å². The Balaban J connectivity index is 1.98. The number of phenols is 1. The van der Waals surface area contributed by atoms with Crippen LogP contribution in [-0.2, 0) is 6.42 Å². The van der Waals surface area contributed by atoms with Gasteiger partial charge >= 0.3 is 0 Å². The SMILES string of the molecule is Oc1ccc(CC2CCCCC2O)cc1. The first-order valence-electron chi connectivity index (χ1n) is 5.71. The summed E-state index contributed by atoms with van der Waals surface area (Å²) in [5.41, 5.74) is 1.21. The van der Waals surface area contributed by atoms with Crippen molar-refractivity contribution < 1.29 is 10.2 Å². The molecule has 0 radical (unpaired) electrons. The van der Waals surface area contributed by atoms with Crippen LogP contribution < -0.4 is 0 Å². The lowest BCUT2D eigenvalue weighted by Gasteiger charge is -2.27. The van der Waals surface area contributed by atoms with Gasteiger partial charge in [0.05, 0.1) is 6.10 Å². The van der Waals surface area contributed by atoms with Gasteiger partial charge in [0, 0.05) is 0 Å². The van der Waals surface area contributed by atoms with Crippen molar-refractivity contribution in [3.05, 3.63) is 29.8 Å². The van der Waals surface area contributed by atoms with Crippen molar-refractivity contribution in [2.24, 2.45) is 5.92 Å². The molecule has 15 heavy (non-hydrogen) atoms. The van der Waals surface area contributed by atoms with Crippen molar-refractivity contribution in [2.75, 3.05) is 0 Å². The number of aromatic hydroxyl groups is 1. The Morgan fingerprint density at radius 1 is 1.07 bits per heavy atom. The number of hydrogen-bond acceptors (Lipinski definition) is 2. The molecule has 82 valence electrons. The zero-order valence-electron chi connectivity index (χ0n) is 8.89. The number of aliphatic hydroxyl groups is 1. The van der Waals surface area contributed by atoms with Crippen molar-refractivity contribution in [3.8, 4) is 5.75 Å². The molecule has 0 aromatic heterocycles. The van der Waals surface area contributed by atoms with Gasteiger partial charge in [0.25, 0.3) is 0 Å². The number of rotatable bonds is 2. The minimum Gasteiger partial charge on any atom is -0.508 e. The maximum atomic E-state index is 9.84. The van der Waals surface area contributed by atoms with Crippen LogP contribution in [0.25, 0.3) is 0 Å². The molecule has 1 saturated carbocycles. The zero-order chi connectivity index (χ0) is 10.7. The molecule has 2 heteroatoms. The third-order valence-electron chi connectivity index (χ3n) is 3.30. The fourth-order valence-electron chi connectivity index (χ4n) is 2.36. The average molecular weight is 206 g/mol. The van der Waals surface area contributed by atoms with Gasteiger partial charge in [0.15, 0.2) is 0 Å². The molecular formula is C13H18O2. The van der Waals surface area contributed by atoms with E-state index in [4.69, 9.17) is 5.11 Å². The van der Waals surface area contributed by atoms with E-state index >= 15 is 0 Å². The summed E-state index contributed by atoms with van der Waals surface area (Å²) in [6.45, 7) is 0. The summed E-state index contributed by atoms with van der Waals surface area (Å²) in [5, 5.41) is 19.0. The van der Waals surface area contributed by atoms with Crippen LogP contribution >= 0.6 is 0 Å². The van der Waals surface area contributed by atoms with E-state index in [0.29, 0.717) is 11.7 Å². The molecule has 0 bridgehead atoms. The maximum absolute atomic E-state index is 9.84. The van der Waals surface area contributed by atoms with Crippen LogP contribution in [-0.4, -0.2) is 16.3 Å². The fourth-order valence-corrected chi connectivity index (χ4v) is 2.36. The molecule has 0 aliphatic heterocycles. The summed E-state index contributed by atoms with van der Waals surface area (Å²) in [6, 6.07) is 7.31. The molecule has 1 aliphatic rings. The highest BCUT2D eigenvalue weighted by Gasteiger charge is 2.22. The average Bonchev–Trinajstić information content (AvgIpc) is 2.25. The molecule has 0 amide bonds. The van der Waals surface area contributed by atoms with Gasteiger partial charge in [-0.25, -0.2) is 0 Å². The minimum atomic E-state index is -0.132. The van der Waals surface area contributed by atoms with Crippen molar-refractivity contribution >= 4 is 0 Å². The van der Waals surface area contributed by atoms with Crippen LogP contribution in [0.4, 0.5) is 0 Å². The van der Waals surface area contributed by atoms with Gasteiger partial charge < -0.3 is 10.2 Å². The van der Waals surface area contributed by atoms with Crippen molar-refractivity contribution in [1.29, 1.82) is 0 Å². The predicted octanol–water partition coefficient (Wildman–Crippen LogP) is 2.49. The van der Waals surface area contributed by atoms with Crippen LogP contribution in [0.5, 0.6) is 5.75 Å². The van der Waals surface area contributed by atoms with Gasteiger partial charge in [-0.05, 0) is 42.9 Å². The second-order valence-electron chi connectivity index (χ2n) is 4.48. The quantitative estimate of drug-likeness (QED) is 0.780. The van der Waals surface area contributed by atoms with E-state index in [1.54, 1.807) is 12.1 Å². The van der Waals surface area contributed by atoms with Gasteiger partial charge in [0.2, 0.25) is 0 Å². The van der Waals surface area contributed by atoms with Gasteiger partial charge in [-0.1, -0.05) is 25.0 Å². The molecule has 2 atom stereocenters. The number of hydrogen-bond donors (Lipinski definition) is 2. The molecule has 1 aromatic carbocycles. The Morgan fingerprint density at radius 2 is 1.73 bits per heavy atom. The van der Waals surface area contributed by atoms with Crippen LogP contribution in [0.15, 0.2) is 24.3 Å². The molecule has 0 saturated heterocycles. The second-order valence-corrected chi connectivity index (χ2v) is 4.48. The first-order chi connectivity index (χ1) is 7.25. The first kappa shape index (κ1) is 10.5. The van der Waals surface area contributed by atoms with Crippen LogP contribution in [0.1, 0.15) is 31.2 Å². The maximum Gasteiger partial charge on any atom is 0.115 e. The first-order valence-corrected chi connectivity index (χ1v) is 5.71. The van der Waals surface area contributed by atoms with E-state index in [9.17, 15) is 5.11 Å². The van der Waals surface area contributed by atoms with E-state index in [0.717, 1.165) is 25.7 Å². The molecule has 2 unspecified atom stereocenters. The van der Waals surface area contributed by atoms with Gasteiger partial charge in [-0.15, -0.1) is 0 Å². The Hall–Kier alpha value is -1.02. The molecule has 2 rings (SSSR count). The predicted molar refractivity (Wildman–Crippen MR) is 59.8 cm³/mol. The lowest BCUT2D eigenvalue weighted by atomic mass is 9.82. The Morgan fingerprint density at radius 3 is 2.40 bits per heavy atom. The number of phenolic OH excluding ortho intramolecular Hbond substituents is 1. The van der Waals surface area contributed by atoms with E-state index in [1.807, 2.05) is 12.1 Å². The summed E-state index contributed by atoms with van der Waals surface area (Å²) in [6.07, 6.45) is 5.27. The summed E-state index contributed by atoms with van der Waals surface area (Å²) in [7, 11) is 0. The lowest BCUT2D eigenvalue weighted by molar-refractivity contribution is 0.0700. The molecular weight excluding hydrogens is 188 g/mol. The summed E-state index contributed by atoms with van der Waals surface area (Å²) in [5.74, 6) is 0.714. The van der Waals surface area contributed by atoms with Crippen LogP contribution in [0.2, 0.25) is 0 Å². The van der Waals surface area contributed by atoms with Gasteiger partial charge in [-0.2, -0.15) is 0 Å². The monoisotopic (exact) mass is 206 g/mol. The normalized spacial score (nSPS) is 26.5. The number of benzene rings is 1. The smallest absolute Gasteiger partial charge is 0.115 e. The third-order valence-corrected chi connectivity index (χ3v) is 3.30. The van der Waals surface area contributed by atoms with Crippen molar-refractivity contribution in [2.45, 2.75) is 38.2 Å². The zero-order valence-corrected chi connectivity index (χ0v) is 8.89. The van der Waals surface area contributed by atoms with Crippen molar-refractivity contribution in [3.63, 3.8) is 0 Å². The highest BCUT2D eigenvalue weighted by molar-refractivity contribution is 5.26. The second kappa shape index (κ2) is 4.67. The molecule has 2 nitrogen and oxygen atoms in total. The molecule has 0 heterocycles. The van der Waals surface area contributed by atoms with Gasteiger partial charge in [0.1, 0.15) is 5.75 Å². The van der Waals surface area contributed by atoms with Gasteiger partial charge in [-0.3, -0.25) is 0 Å². The largest absolute Gasteiger partial charge is 0.508 e. The third kappa shape index (κ3) is 2.72. The number of aliphatic hydroxyl groups excluding tert-OH is 1. The minimum absolute atomic E-state index is 0.132. The standard InChI is InChI=1S/C13H18O2/c14-12-7-5-10(6-8-12)9-11-3-1-2-4-13(11)15/h5-8,11,13-15H,1-4,9H2. The molecule has 1 fully saturated rings. The van der Waals surface area contributed by atoms with E-state index in [-0.39, 0.29) is 6.10 Å². The summed E-state index contributed by atoms with van der Waals surface area (Å²) >= 11 is 0. The Kier molecular flexibility index (Phi) is 3.27. The lowest BCUT2D eigenvalue weighted by Crippen LogP contribution is -2.26. The van der Waals surface area contributed by atoms with Crippen LogP contribution in [0, 0.1) is 5.92 Å². The fraction of sp³-hybridized carbons (Fsp3) is 0.538. The molecule has 1 aromatic rings. The van der Waals surface area contributed by atoms with E-state index in [2.05, 4.69) is 0 Å². The molecule has 0 spiro atoms. The van der Waals surface area contributed by atoms with Crippen molar-refractivity contribution in [1.82, 2.24) is 0 Å².